The average Bonchev–Trinajstić information content (AvgIpc) is 2.91. The number of hydrogen-bond donors (Lipinski definition) is 1. The fourth-order valence-electron chi connectivity index (χ4n) is 2.22. The minimum atomic E-state index is 0.562. The Bertz CT molecular complexity index is 527. The van der Waals surface area contributed by atoms with Crippen molar-refractivity contribution in [1.82, 2.24) is 25.2 Å². The fraction of sp³-hybridized carbons (Fsp3) is 0.462. The number of aromatic nitrogens is 3. The molecule has 1 N–H and O–H groups in total. The van der Waals surface area contributed by atoms with Crippen molar-refractivity contribution in [2.45, 2.75) is 19.5 Å². The van der Waals surface area contributed by atoms with Gasteiger partial charge in [0.05, 0.1) is 5.69 Å². The minimum Gasteiger partial charge on any atom is -0.314 e. The van der Waals surface area contributed by atoms with E-state index in [9.17, 15) is 0 Å². The van der Waals surface area contributed by atoms with Gasteiger partial charge in [0.1, 0.15) is 0 Å². The molecule has 1 saturated heterocycles. The molecule has 3 heterocycles. The van der Waals surface area contributed by atoms with E-state index < -0.39 is 0 Å². The molecule has 6 heteroatoms. The summed E-state index contributed by atoms with van der Waals surface area (Å²) in [6.07, 6.45) is 3.50. The highest BCUT2D eigenvalue weighted by molar-refractivity contribution is 7.13. The van der Waals surface area contributed by atoms with Crippen molar-refractivity contribution in [3.8, 4) is 10.8 Å². The Morgan fingerprint density at radius 2 is 2.26 bits per heavy atom. The topological polar surface area (TPSA) is 53.9 Å². The van der Waals surface area contributed by atoms with Gasteiger partial charge in [-0.15, -0.1) is 11.3 Å². The van der Waals surface area contributed by atoms with Crippen molar-refractivity contribution in [1.29, 1.82) is 0 Å². The molecule has 100 valence electrons. The SMILES string of the molecule is C[C@H]1CNCCN1Cc1csc(-c2ncccn2)n1. The molecular weight excluding hydrogens is 258 g/mol. The van der Waals surface area contributed by atoms with Gasteiger partial charge in [0.15, 0.2) is 10.8 Å². The zero-order chi connectivity index (χ0) is 13.1. The summed E-state index contributed by atoms with van der Waals surface area (Å²) in [5.41, 5.74) is 1.11. The summed E-state index contributed by atoms with van der Waals surface area (Å²) in [6, 6.07) is 2.38. The summed E-state index contributed by atoms with van der Waals surface area (Å²) in [4.78, 5) is 15.6. The molecule has 0 aromatic carbocycles. The monoisotopic (exact) mass is 275 g/mol. The van der Waals surface area contributed by atoms with Crippen LogP contribution >= 0.6 is 11.3 Å². The zero-order valence-electron chi connectivity index (χ0n) is 10.9. The van der Waals surface area contributed by atoms with Crippen LogP contribution in [0, 0.1) is 0 Å². The van der Waals surface area contributed by atoms with Crippen LogP contribution in [0.3, 0.4) is 0 Å². The van der Waals surface area contributed by atoms with Crippen molar-refractivity contribution < 1.29 is 0 Å². The predicted octanol–water partition coefficient (Wildman–Crippen LogP) is 1.39. The molecule has 0 bridgehead atoms. The molecule has 0 amide bonds. The van der Waals surface area contributed by atoms with Gasteiger partial charge >= 0.3 is 0 Å². The maximum atomic E-state index is 4.64. The molecule has 1 fully saturated rings. The number of piperazine rings is 1. The molecule has 0 aliphatic carbocycles. The summed E-state index contributed by atoms with van der Waals surface area (Å²) in [5.74, 6) is 0.715. The van der Waals surface area contributed by atoms with Gasteiger partial charge in [0.2, 0.25) is 0 Å². The quantitative estimate of drug-likeness (QED) is 0.917. The fourth-order valence-corrected chi connectivity index (χ4v) is 2.97. The smallest absolute Gasteiger partial charge is 0.188 e. The first kappa shape index (κ1) is 12.7. The summed E-state index contributed by atoms with van der Waals surface area (Å²) >= 11 is 1.61. The van der Waals surface area contributed by atoms with Crippen LogP contribution in [0.4, 0.5) is 0 Å². The lowest BCUT2D eigenvalue weighted by atomic mass is 10.2. The molecule has 0 saturated carbocycles. The second kappa shape index (κ2) is 5.73. The van der Waals surface area contributed by atoms with E-state index in [1.807, 2.05) is 6.07 Å². The number of nitrogens with zero attached hydrogens (tertiary/aromatic N) is 4. The van der Waals surface area contributed by atoms with Crippen LogP contribution in [0.15, 0.2) is 23.8 Å². The first-order valence-electron chi connectivity index (χ1n) is 6.49. The van der Waals surface area contributed by atoms with Crippen LogP contribution in [0.5, 0.6) is 0 Å². The zero-order valence-corrected chi connectivity index (χ0v) is 11.7. The van der Waals surface area contributed by atoms with Crippen molar-refractivity contribution >= 4 is 11.3 Å². The van der Waals surface area contributed by atoms with E-state index in [1.165, 1.54) is 0 Å². The van der Waals surface area contributed by atoms with Crippen molar-refractivity contribution in [3.63, 3.8) is 0 Å². The molecule has 1 atom stereocenters. The van der Waals surface area contributed by atoms with Crippen LogP contribution in [0.2, 0.25) is 0 Å². The summed E-state index contributed by atoms with van der Waals surface area (Å²) in [6.45, 7) is 6.35. The summed E-state index contributed by atoms with van der Waals surface area (Å²) < 4.78 is 0. The molecule has 0 radical (unpaired) electrons. The van der Waals surface area contributed by atoms with E-state index >= 15 is 0 Å². The first-order chi connectivity index (χ1) is 9.33. The average molecular weight is 275 g/mol. The maximum Gasteiger partial charge on any atom is 0.188 e. The maximum absolute atomic E-state index is 4.64. The van der Waals surface area contributed by atoms with Crippen LogP contribution < -0.4 is 5.32 Å². The van der Waals surface area contributed by atoms with Gasteiger partial charge in [-0.1, -0.05) is 0 Å². The highest BCUT2D eigenvalue weighted by Crippen LogP contribution is 2.21. The Morgan fingerprint density at radius 3 is 3.05 bits per heavy atom. The van der Waals surface area contributed by atoms with Crippen molar-refractivity contribution in [2.75, 3.05) is 19.6 Å². The van der Waals surface area contributed by atoms with Gasteiger partial charge in [0, 0.05) is 50.0 Å². The van der Waals surface area contributed by atoms with Crippen LogP contribution in [-0.2, 0) is 6.54 Å². The summed E-state index contributed by atoms with van der Waals surface area (Å²) in [7, 11) is 0. The first-order valence-corrected chi connectivity index (χ1v) is 7.37. The molecule has 2 aromatic rings. The lowest BCUT2D eigenvalue weighted by Gasteiger charge is -2.33. The predicted molar refractivity (Wildman–Crippen MR) is 75.9 cm³/mol. The Labute approximate surface area is 116 Å². The van der Waals surface area contributed by atoms with Crippen LogP contribution in [-0.4, -0.2) is 45.5 Å². The van der Waals surface area contributed by atoms with Crippen molar-refractivity contribution in [3.05, 3.63) is 29.5 Å². The lowest BCUT2D eigenvalue weighted by molar-refractivity contribution is 0.164. The third-order valence-corrected chi connectivity index (χ3v) is 4.20. The Morgan fingerprint density at radius 1 is 1.42 bits per heavy atom. The number of thiazole rings is 1. The van der Waals surface area contributed by atoms with Crippen molar-refractivity contribution in [2.24, 2.45) is 0 Å². The highest BCUT2D eigenvalue weighted by Gasteiger charge is 2.19. The van der Waals surface area contributed by atoms with E-state index in [-0.39, 0.29) is 0 Å². The number of hydrogen-bond acceptors (Lipinski definition) is 6. The van der Waals surface area contributed by atoms with Gasteiger partial charge in [-0.3, -0.25) is 4.90 Å². The van der Waals surface area contributed by atoms with Gasteiger partial charge in [-0.25, -0.2) is 15.0 Å². The lowest BCUT2D eigenvalue weighted by Crippen LogP contribution is -2.49. The second-order valence-electron chi connectivity index (χ2n) is 4.74. The number of nitrogens with one attached hydrogen (secondary N) is 1. The molecule has 3 rings (SSSR count). The standard InChI is InChI=1S/C13H17N5S/c1-10-7-14-5-6-18(10)8-11-9-19-13(17-11)12-15-3-2-4-16-12/h2-4,9-10,14H,5-8H2,1H3/t10-/m0/s1. The Hall–Kier alpha value is -1.37. The second-order valence-corrected chi connectivity index (χ2v) is 5.60. The normalized spacial score (nSPS) is 20.6. The van der Waals surface area contributed by atoms with Gasteiger partial charge in [-0.05, 0) is 13.0 Å². The van der Waals surface area contributed by atoms with Gasteiger partial charge < -0.3 is 5.32 Å². The largest absolute Gasteiger partial charge is 0.314 e. The van der Waals surface area contributed by atoms with Crippen LogP contribution in [0.1, 0.15) is 12.6 Å². The van der Waals surface area contributed by atoms with E-state index in [4.69, 9.17) is 0 Å². The highest BCUT2D eigenvalue weighted by atomic mass is 32.1. The molecule has 0 unspecified atom stereocenters. The van der Waals surface area contributed by atoms with E-state index in [0.29, 0.717) is 11.9 Å². The molecule has 19 heavy (non-hydrogen) atoms. The number of rotatable bonds is 3. The van der Waals surface area contributed by atoms with E-state index in [2.05, 4.69) is 37.5 Å². The molecular formula is C13H17N5S. The Kier molecular flexibility index (Phi) is 3.82. The van der Waals surface area contributed by atoms with Crippen LogP contribution in [0.25, 0.3) is 10.8 Å². The Balaban J connectivity index is 1.71. The molecule has 2 aromatic heterocycles. The van der Waals surface area contributed by atoms with E-state index in [1.54, 1.807) is 23.7 Å². The van der Waals surface area contributed by atoms with Gasteiger partial charge in [0.25, 0.3) is 0 Å². The molecule has 0 spiro atoms. The minimum absolute atomic E-state index is 0.562. The van der Waals surface area contributed by atoms with Gasteiger partial charge in [-0.2, -0.15) is 0 Å². The van der Waals surface area contributed by atoms with E-state index in [0.717, 1.165) is 36.9 Å². The molecule has 5 nitrogen and oxygen atoms in total. The molecule has 1 aliphatic heterocycles. The summed E-state index contributed by atoms with van der Waals surface area (Å²) in [5, 5.41) is 6.41. The third kappa shape index (κ3) is 2.97. The molecule has 1 aliphatic rings. The third-order valence-electron chi connectivity index (χ3n) is 3.31.